The second-order valence-corrected chi connectivity index (χ2v) is 5.92. The average Bonchev–Trinajstić information content (AvgIpc) is 2.19. The molecule has 0 atom stereocenters. The van der Waals surface area contributed by atoms with Crippen molar-refractivity contribution in [3.63, 3.8) is 0 Å². The molecule has 2 saturated carbocycles. The van der Waals surface area contributed by atoms with Gasteiger partial charge in [-0.15, -0.1) is 0 Å². The minimum absolute atomic E-state index is 0.168. The lowest BCUT2D eigenvalue weighted by Crippen LogP contribution is -2.51. The third kappa shape index (κ3) is 2.97. The highest BCUT2D eigenvalue weighted by Gasteiger charge is 2.35. The Morgan fingerprint density at radius 1 is 1.31 bits per heavy atom. The predicted molar refractivity (Wildman–Crippen MR) is 64.9 cm³/mol. The van der Waals surface area contributed by atoms with Crippen LogP contribution in [0.5, 0.6) is 0 Å². The summed E-state index contributed by atoms with van der Waals surface area (Å²) in [4.78, 5) is 11.8. The summed E-state index contributed by atoms with van der Waals surface area (Å²) in [7, 11) is 0. The number of amides is 1. The van der Waals surface area contributed by atoms with Gasteiger partial charge in [0.05, 0.1) is 0 Å². The zero-order valence-corrected chi connectivity index (χ0v) is 10.3. The quantitative estimate of drug-likeness (QED) is 0.770. The number of rotatable bonds is 3. The molecule has 0 unspecified atom stereocenters. The molecular weight excluding hydrogens is 200 g/mol. The molecule has 3 nitrogen and oxygen atoms in total. The van der Waals surface area contributed by atoms with Crippen molar-refractivity contribution in [2.24, 2.45) is 11.7 Å². The van der Waals surface area contributed by atoms with Gasteiger partial charge in [-0.05, 0) is 50.9 Å². The SMILES string of the molecule is CC1CCC(NC(=O)CC2(N)CCC2)CC1. The minimum atomic E-state index is -0.175. The molecule has 0 aromatic heterocycles. The van der Waals surface area contributed by atoms with Crippen molar-refractivity contribution in [2.45, 2.75) is 69.9 Å². The number of nitrogens with one attached hydrogen (secondary N) is 1. The molecule has 0 spiro atoms. The van der Waals surface area contributed by atoms with Gasteiger partial charge in [0.25, 0.3) is 0 Å². The van der Waals surface area contributed by atoms with Crippen molar-refractivity contribution in [2.75, 3.05) is 0 Å². The first kappa shape index (κ1) is 11.9. The van der Waals surface area contributed by atoms with Crippen LogP contribution in [0.2, 0.25) is 0 Å². The molecule has 2 aliphatic rings. The fraction of sp³-hybridized carbons (Fsp3) is 0.923. The Kier molecular flexibility index (Phi) is 3.53. The van der Waals surface area contributed by atoms with Gasteiger partial charge in [0.1, 0.15) is 0 Å². The molecule has 2 aliphatic carbocycles. The zero-order valence-electron chi connectivity index (χ0n) is 10.3. The Morgan fingerprint density at radius 3 is 2.44 bits per heavy atom. The summed E-state index contributed by atoms with van der Waals surface area (Å²) < 4.78 is 0. The van der Waals surface area contributed by atoms with Gasteiger partial charge >= 0.3 is 0 Å². The summed E-state index contributed by atoms with van der Waals surface area (Å²) in [5.41, 5.74) is 5.90. The van der Waals surface area contributed by atoms with Crippen LogP contribution >= 0.6 is 0 Å². The standard InChI is InChI=1S/C13H24N2O/c1-10-3-5-11(6-4-10)15-12(16)9-13(14)7-2-8-13/h10-11H,2-9,14H2,1H3,(H,15,16). The van der Waals surface area contributed by atoms with Gasteiger partial charge in [0, 0.05) is 18.0 Å². The fourth-order valence-corrected chi connectivity index (χ4v) is 2.81. The second-order valence-electron chi connectivity index (χ2n) is 5.92. The van der Waals surface area contributed by atoms with E-state index in [9.17, 15) is 4.79 Å². The molecule has 3 N–H and O–H groups in total. The van der Waals surface area contributed by atoms with E-state index in [1.807, 2.05) is 0 Å². The Balaban J connectivity index is 1.70. The first-order valence-corrected chi connectivity index (χ1v) is 6.66. The predicted octanol–water partition coefficient (Wildman–Crippen LogP) is 1.95. The van der Waals surface area contributed by atoms with E-state index in [0.717, 1.165) is 31.6 Å². The van der Waals surface area contributed by atoms with Gasteiger partial charge in [0.15, 0.2) is 0 Å². The maximum Gasteiger partial charge on any atom is 0.222 e. The monoisotopic (exact) mass is 224 g/mol. The topological polar surface area (TPSA) is 55.1 Å². The van der Waals surface area contributed by atoms with Crippen LogP contribution in [0.4, 0.5) is 0 Å². The normalized spacial score (nSPS) is 32.9. The maximum atomic E-state index is 11.8. The Morgan fingerprint density at radius 2 is 1.94 bits per heavy atom. The van der Waals surface area contributed by atoms with Gasteiger partial charge in [-0.3, -0.25) is 4.79 Å². The fourth-order valence-electron chi connectivity index (χ4n) is 2.81. The van der Waals surface area contributed by atoms with Crippen molar-refractivity contribution in [1.82, 2.24) is 5.32 Å². The van der Waals surface area contributed by atoms with Crippen LogP contribution < -0.4 is 11.1 Å². The van der Waals surface area contributed by atoms with E-state index in [1.54, 1.807) is 0 Å². The van der Waals surface area contributed by atoms with E-state index in [-0.39, 0.29) is 11.4 Å². The van der Waals surface area contributed by atoms with Gasteiger partial charge in [-0.25, -0.2) is 0 Å². The van der Waals surface area contributed by atoms with Crippen LogP contribution in [-0.4, -0.2) is 17.5 Å². The molecule has 2 fully saturated rings. The van der Waals surface area contributed by atoms with Crippen molar-refractivity contribution >= 4 is 5.91 Å². The number of nitrogens with two attached hydrogens (primary N) is 1. The lowest BCUT2D eigenvalue weighted by atomic mass is 9.75. The molecule has 16 heavy (non-hydrogen) atoms. The molecule has 0 heterocycles. The highest BCUT2D eigenvalue weighted by atomic mass is 16.1. The zero-order chi connectivity index (χ0) is 11.6. The maximum absolute atomic E-state index is 11.8. The van der Waals surface area contributed by atoms with Gasteiger partial charge < -0.3 is 11.1 Å². The van der Waals surface area contributed by atoms with E-state index in [1.165, 1.54) is 19.3 Å². The van der Waals surface area contributed by atoms with E-state index in [0.29, 0.717) is 12.5 Å². The first-order valence-electron chi connectivity index (χ1n) is 6.66. The van der Waals surface area contributed by atoms with Crippen LogP contribution in [0.3, 0.4) is 0 Å². The number of carbonyl (C=O) groups is 1. The average molecular weight is 224 g/mol. The molecule has 2 rings (SSSR count). The van der Waals surface area contributed by atoms with Crippen LogP contribution in [0.15, 0.2) is 0 Å². The molecule has 0 aliphatic heterocycles. The smallest absolute Gasteiger partial charge is 0.222 e. The third-order valence-corrected chi connectivity index (χ3v) is 4.24. The van der Waals surface area contributed by atoms with Gasteiger partial charge in [-0.2, -0.15) is 0 Å². The Labute approximate surface area is 98.2 Å². The first-order chi connectivity index (χ1) is 7.57. The lowest BCUT2D eigenvalue weighted by molar-refractivity contribution is -0.124. The molecular formula is C13H24N2O. The lowest BCUT2D eigenvalue weighted by Gasteiger charge is -2.38. The second kappa shape index (κ2) is 4.74. The van der Waals surface area contributed by atoms with Crippen molar-refractivity contribution < 1.29 is 4.79 Å². The Hall–Kier alpha value is -0.570. The minimum Gasteiger partial charge on any atom is -0.353 e. The van der Waals surface area contributed by atoms with Gasteiger partial charge in [0.2, 0.25) is 5.91 Å². The van der Waals surface area contributed by atoms with Crippen LogP contribution in [0, 0.1) is 5.92 Å². The third-order valence-electron chi connectivity index (χ3n) is 4.24. The molecule has 0 aromatic carbocycles. The van der Waals surface area contributed by atoms with Crippen LogP contribution in [0.25, 0.3) is 0 Å². The molecule has 0 aromatic rings. The highest BCUT2D eigenvalue weighted by molar-refractivity contribution is 5.77. The number of hydrogen-bond acceptors (Lipinski definition) is 2. The van der Waals surface area contributed by atoms with Crippen molar-refractivity contribution in [3.05, 3.63) is 0 Å². The summed E-state index contributed by atoms with van der Waals surface area (Å²) in [6, 6.07) is 0.410. The number of hydrogen-bond donors (Lipinski definition) is 2. The Bertz CT molecular complexity index is 253. The summed E-state index contributed by atoms with van der Waals surface area (Å²) in [5.74, 6) is 1.00. The summed E-state index contributed by atoms with van der Waals surface area (Å²) >= 11 is 0. The molecule has 3 heteroatoms. The van der Waals surface area contributed by atoms with Crippen molar-refractivity contribution in [3.8, 4) is 0 Å². The molecule has 0 radical (unpaired) electrons. The number of carbonyl (C=O) groups excluding carboxylic acids is 1. The molecule has 0 bridgehead atoms. The van der Waals surface area contributed by atoms with Crippen LogP contribution in [-0.2, 0) is 4.79 Å². The van der Waals surface area contributed by atoms with Crippen LogP contribution in [0.1, 0.15) is 58.3 Å². The van der Waals surface area contributed by atoms with Crippen molar-refractivity contribution in [1.29, 1.82) is 0 Å². The van der Waals surface area contributed by atoms with E-state index in [2.05, 4.69) is 12.2 Å². The molecule has 1 amide bonds. The summed E-state index contributed by atoms with van der Waals surface area (Å²) in [6.07, 6.45) is 8.53. The van der Waals surface area contributed by atoms with E-state index >= 15 is 0 Å². The summed E-state index contributed by atoms with van der Waals surface area (Å²) in [6.45, 7) is 2.29. The highest BCUT2D eigenvalue weighted by Crippen LogP contribution is 2.32. The largest absolute Gasteiger partial charge is 0.353 e. The van der Waals surface area contributed by atoms with E-state index < -0.39 is 0 Å². The summed E-state index contributed by atoms with van der Waals surface area (Å²) in [5, 5.41) is 3.14. The molecule has 0 saturated heterocycles. The van der Waals surface area contributed by atoms with E-state index in [4.69, 9.17) is 5.73 Å². The van der Waals surface area contributed by atoms with Gasteiger partial charge in [-0.1, -0.05) is 6.92 Å². The molecule has 92 valence electrons.